The smallest absolute Gasteiger partial charge is 0.408 e. The predicted octanol–water partition coefficient (Wildman–Crippen LogP) is 3.15. The van der Waals surface area contributed by atoms with Crippen molar-refractivity contribution in [1.82, 2.24) is 10.6 Å². The fraction of sp³-hybridized carbons (Fsp3) is 0.467. The molecule has 2 N–H and O–H groups in total. The number of rotatable bonds is 4. The van der Waals surface area contributed by atoms with Gasteiger partial charge in [0.25, 0.3) is 0 Å². The molecule has 5 nitrogen and oxygen atoms in total. The minimum Gasteiger partial charge on any atom is -0.444 e. The third-order valence-electron chi connectivity index (χ3n) is 2.54. The first-order valence-corrected chi connectivity index (χ1v) is 7.48. The van der Waals surface area contributed by atoms with Crippen molar-refractivity contribution in [1.29, 1.82) is 0 Å². The highest BCUT2D eigenvalue weighted by molar-refractivity contribution is 9.10. The molecule has 0 bridgehead atoms. The van der Waals surface area contributed by atoms with Crippen LogP contribution in [0.1, 0.15) is 39.3 Å². The third kappa shape index (κ3) is 7.13. The van der Waals surface area contributed by atoms with E-state index in [0.29, 0.717) is 0 Å². The van der Waals surface area contributed by atoms with E-state index in [4.69, 9.17) is 4.74 Å². The van der Waals surface area contributed by atoms with Crippen molar-refractivity contribution in [3.05, 3.63) is 34.3 Å². The Balaban J connectivity index is 2.40. The van der Waals surface area contributed by atoms with Gasteiger partial charge < -0.3 is 15.4 Å². The Hall–Kier alpha value is -1.56. The number of benzene rings is 1. The number of ether oxygens (including phenoxy) is 1. The van der Waals surface area contributed by atoms with E-state index in [0.717, 1.165) is 10.0 Å². The van der Waals surface area contributed by atoms with Crippen LogP contribution in [0, 0.1) is 0 Å². The Kier molecular flexibility index (Phi) is 6.20. The van der Waals surface area contributed by atoms with Crippen LogP contribution in [-0.4, -0.2) is 24.1 Å². The van der Waals surface area contributed by atoms with Gasteiger partial charge in [-0.25, -0.2) is 4.79 Å². The lowest BCUT2D eigenvalue weighted by Crippen LogP contribution is -2.40. The van der Waals surface area contributed by atoms with Gasteiger partial charge in [-0.15, -0.1) is 0 Å². The summed E-state index contributed by atoms with van der Waals surface area (Å²) in [6.07, 6.45) is -0.603. The fourth-order valence-corrected chi connectivity index (χ4v) is 1.86. The Bertz CT molecular complexity index is 495. The monoisotopic (exact) mass is 356 g/mol. The Labute approximate surface area is 133 Å². The number of halogens is 1. The maximum Gasteiger partial charge on any atom is 0.408 e. The summed E-state index contributed by atoms with van der Waals surface area (Å²) >= 11 is 3.36. The quantitative estimate of drug-likeness (QED) is 0.870. The van der Waals surface area contributed by atoms with E-state index in [-0.39, 0.29) is 18.5 Å². The van der Waals surface area contributed by atoms with E-state index in [2.05, 4.69) is 26.6 Å². The molecule has 0 radical (unpaired) electrons. The van der Waals surface area contributed by atoms with E-state index in [1.54, 1.807) is 20.8 Å². The highest BCUT2D eigenvalue weighted by Crippen LogP contribution is 2.16. The molecule has 1 atom stereocenters. The second-order valence-corrected chi connectivity index (χ2v) is 6.61. The number of carbonyl (C=O) groups excluding carboxylic acids is 2. The SMILES string of the molecule is CC(NC(=O)CNC(=O)OC(C)(C)C)c1ccc(Br)cc1. The average molecular weight is 357 g/mol. The molecular formula is C15H21BrN2O3. The lowest BCUT2D eigenvalue weighted by molar-refractivity contribution is -0.120. The zero-order chi connectivity index (χ0) is 16.0. The van der Waals surface area contributed by atoms with Crippen LogP contribution in [0.15, 0.2) is 28.7 Å². The van der Waals surface area contributed by atoms with Gasteiger partial charge in [0.1, 0.15) is 12.1 Å². The number of nitrogens with one attached hydrogen (secondary N) is 2. The second-order valence-electron chi connectivity index (χ2n) is 5.70. The van der Waals surface area contributed by atoms with Gasteiger partial charge in [0.2, 0.25) is 5.91 Å². The Morgan fingerprint density at radius 2 is 1.81 bits per heavy atom. The minimum absolute atomic E-state index is 0.115. The van der Waals surface area contributed by atoms with Gasteiger partial charge in [0.05, 0.1) is 6.04 Å². The highest BCUT2D eigenvalue weighted by atomic mass is 79.9. The maximum absolute atomic E-state index is 11.8. The first kappa shape index (κ1) is 17.5. The van der Waals surface area contributed by atoms with E-state index >= 15 is 0 Å². The lowest BCUT2D eigenvalue weighted by atomic mass is 10.1. The van der Waals surface area contributed by atoms with E-state index in [1.807, 2.05) is 31.2 Å². The third-order valence-corrected chi connectivity index (χ3v) is 3.07. The minimum atomic E-state index is -0.603. The topological polar surface area (TPSA) is 67.4 Å². The summed E-state index contributed by atoms with van der Waals surface area (Å²) in [7, 11) is 0. The Morgan fingerprint density at radius 3 is 2.33 bits per heavy atom. The Morgan fingerprint density at radius 1 is 1.24 bits per heavy atom. The number of amides is 2. The summed E-state index contributed by atoms with van der Waals surface area (Å²) in [5.74, 6) is -0.267. The molecule has 0 fully saturated rings. The zero-order valence-corrected chi connectivity index (χ0v) is 14.3. The van der Waals surface area contributed by atoms with Crippen molar-refractivity contribution in [2.45, 2.75) is 39.3 Å². The maximum atomic E-state index is 11.8. The summed E-state index contributed by atoms with van der Waals surface area (Å²) in [6.45, 7) is 7.07. The van der Waals surface area contributed by atoms with Crippen LogP contribution in [0.5, 0.6) is 0 Å². The molecular weight excluding hydrogens is 336 g/mol. The summed E-state index contributed by atoms with van der Waals surface area (Å²) in [5.41, 5.74) is 0.412. The van der Waals surface area contributed by atoms with Crippen LogP contribution >= 0.6 is 15.9 Å². The van der Waals surface area contributed by atoms with Crippen molar-refractivity contribution in [3.63, 3.8) is 0 Å². The van der Waals surface area contributed by atoms with Crippen LogP contribution in [-0.2, 0) is 9.53 Å². The van der Waals surface area contributed by atoms with Gasteiger partial charge in [-0.05, 0) is 45.4 Å². The highest BCUT2D eigenvalue weighted by Gasteiger charge is 2.17. The van der Waals surface area contributed by atoms with Crippen molar-refractivity contribution in [3.8, 4) is 0 Å². The number of hydrogen-bond acceptors (Lipinski definition) is 3. The summed E-state index contributed by atoms with van der Waals surface area (Å²) < 4.78 is 6.04. The first-order valence-electron chi connectivity index (χ1n) is 6.69. The molecule has 116 valence electrons. The number of alkyl carbamates (subject to hydrolysis) is 1. The average Bonchev–Trinajstić information content (AvgIpc) is 2.35. The second kappa shape index (κ2) is 7.45. The first-order chi connectivity index (χ1) is 9.67. The summed E-state index contributed by atoms with van der Waals surface area (Å²) in [5, 5.41) is 5.23. The van der Waals surface area contributed by atoms with Crippen molar-refractivity contribution < 1.29 is 14.3 Å². The zero-order valence-electron chi connectivity index (χ0n) is 12.7. The summed E-state index contributed by atoms with van der Waals surface area (Å²) in [4.78, 5) is 23.2. The molecule has 0 heterocycles. The van der Waals surface area contributed by atoms with Crippen molar-refractivity contribution in [2.24, 2.45) is 0 Å². The summed E-state index contributed by atoms with van der Waals surface area (Å²) in [6, 6.07) is 7.55. The number of carbonyl (C=O) groups is 2. The van der Waals surface area contributed by atoms with Crippen molar-refractivity contribution in [2.75, 3.05) is 6.54 Å². The molecule has 2 amide bonds. The molecule has 0 aliphatic heterocycles. The predicted molar refractivity (Wildman–Crippen MR) is 84.9 cm³/mol. The largest absolute Gasteiger partial charge is 0.444 e. The molecule has 0 saturated carbocycles. The van der Waals surface area contributed by atoms with Gasteiger partial charge in [0.15, 0.2) is 0 Å². The molecule has 0 aliphatic carbocycles. The van der Waals surface area contributed by atoms with Crippen LogP contribution in [0.25, 0.3) is 0 Å². The molecule has 0 aromatic heterocycles. The van der Waals surface area contributed by atoms with Crippen LogP contribution in [0.4, 0.5) is 4.79 Å². The van der Waals surface area contributed by atoms with Crippen LogP contribution < -0.4 is 10.6 Å². The van der Waals surface area contributed by atoms with E-state index < -0.39 is 11.7 Å². The van der Waals surface area contributed by atoms with Gasteiger partial charge in [-0.2, -0.15) is 0 Å². The normalized spacial score (nSPS) is 12.4. The van der Waals surface area contributed by atoms with Gasteiger partial charge in [-0.3, -0.25) is 4.79 Å². The molecule has 1 unspecified atom stereocenters. The van der Waals surface area contributed by atoms with Crippen molar-refractivity contribution >= 4 is 27.9 Å². The molecule has 0 spiro atoms. The molecule has 6 heteroatoms. The number of hydrogen-bond donors (Lipinski definition) is 2. The van der Waals surface area contributed by atoms with E-state index in [9.17, 15) is 9.59 Å². The molecule has 0 aliphatic rings. The van der Waals surface area contributed by atoms with Gasteiger partial charge in [-0.1, -0.05) is 28.1 Å². The molecule has 1 aromatic carbocycles. The van der Waals surface area contributed by atoms with Crippen LogP contribution in [0.3, 0.4) is 0 Å². The lowest BCUT2D eigenvalue weighted by Gasteiger charge is -2.20. The van der Waals surface area contributed by atoms with Gasteiger partial charge in [0, 0.05) is 4.47 Å². The van der Waals surface area contributed by atoms with E-state index in [1.165, 1.54) is 0 Å². The van der Waals surface area contributed by atoms with Gasteiger partial charge >= 0.3 is 6.09 Å². The molecule has 1 rings (SSSR count). The molecule has 0 saturated heterocycles. The molecule has 1 aromatic rings. The standard InChI is InChI=1S/C15H21BrN2O3/c1-10(11-5-7-12(16)8-6-11)18-13(19)9-17-14(20)21-15(2,3)4/h5-8,10H,9H2,1-4H3,(H,17,20)(H,18,19). The van der Waals surface area contributed by atoms with Crippen LogP contribution in [0.2, 0.25) is 0 Å². The fourth-order valence-electron chi connectivity index (χ4n) is 1.59. The molecule has 21 heavy (non-hydrogen) atoms.